The zero-order valence-electron chi connectivity index (χ0n) is 14.2. The van der Waals surface area contributed by atoms with Crippen LogP contribution >= 0.6 is 11.3 Å². The number of anilines is 1. The summed E-state index contributed by atoms with van der Waals surface area (Å²) in [6.07, 6.45) is 0. The number of hydrogen-bond donors (Lipinski definition) is 1. The van der Waals surface area contributed by atoms with E-state index in [0.29, 0.717) is 11.7 Å². The Morgan fingerprint density at radius 3 is 2.21 bits per heavy atom. The smallest absolute Gasteiger partial charge is 0.180 e. The second kappa shape index (κ2) is 6.65. The number of ether oxygens (including phenoxy) is 1. The summed E-state index contributed by atoms with van der Waals surface area (Å²) >= 11 is 1.45. The SMILES string of the molecule is CC(C)(C)c1ccc(COc2ccc(-c3csc(N)n3)cc2)cc1. The van der Waals surface area contributed by atoms with Crippen LogP contribution < -0.4 is 10.5 Å². The third-order valence-electron chi connectivity index (χ3n) is 3.90. The normalized spacial score (nSPS) is 11.5. The highest BCUT2D eigenvalue weighted by molar-refractivity contribution is 7.13. The molecule has 4 heteroatoms. The summed E-state index contributed by atoms with van der Waals surface area (Å²) in [5.41, 5.74) is 10.3. The number of nitrogen functional groups attached to an aromatic ring is 1. The van der Waals surface area contributed by atoms with Crippen LogP contribution in [0, 0.1) is 0 Å². The number of rotatable bonds is 4. The molecular weight excluding hydrogens is 316 g/mol. The molecule has 0 saturated carbocycles. The minimum absolute atomic E-state index is 0.175. The van der Waals surface area contributed by atoms with E-state index >= 15 is 0 Å². The number of hydrogen-bond acceptors (Lipinski definition) is 4. The van der Waals surface area contributed by atoms with Crippen LogP contribution in [0.3, 0.4) is 0 Å². The van der Waals surface area contributed by atoms with Crippen molar-refractivity contribution < 1.29 is 4.74 Å². The predicted octanol–water partition coefficient (Wildman–Crippen LogP) is 5.27. The molecule has 1 aromatic heterocycles. The summed E-state index contributed by atoms with van der Waals surface area (Å²) in [6.45, 7) is 7.22. The van der Waals surface area contributed by atoms with Crippen molar-refractivity contribution in [1.29, 1.82) is 0 Å². The van der Waals surface area contributed by atoms with E-state index in [2.05, 4.69) is 50.0 Å². The maximum absolute atomic E-state index is 5.87. The Kier molecular flexibility index (Phi) is 4.58. The number of nitrogens with zero attached hydrogens (tertiary/aromatic N) is 1. The lowest BCUT2D eigenvalue weighted by molar-refractivity contribution is 0.306. The fourth-order valence-electron chi connectivity index (χ4n) is 2.41. The summed E-state index contributed by atoms with van der Waals surface area (Å²) in [5.74, 6) is 0.849. The second-order valence-corrected chi connectivity index (χ2v) is 7.72. The van der Waals surface area contributed by atoms with Crippen molar-refractivity contribution in [1.82, 2.24) is 4.98 Å². The monoisotopic (exact) mass is 338 g/mol. The molecule has 3 rings (SSSR count). The van der Waals surface area contributed by atoms with Gasteiger partial charge in [0.05, 0.1) is 5.69 Å². The fraction of sp³-hybridized carbons (Fsp3) is 0.250. The van der Waals surface area contributed by atoms with E-state index in [1.54, 1.807) is 0 Å². The van der Waals surface area contributed by atoms with Crippen LogP contribution in [0.4, 0.5) is 5.13 Å². The molecule has 0 amide bonds. The van der Waals surface area contributed by atoms with Gasteiger partial charge in [0.15, 0.2) is 5.13 Å². The molecule has 24 heavy (non-hydrogen) atoms. The third kappa shape index (κ3) is 3.95. The van der Waals surface area contributed by atoms with Gasteiger partial charge in [-0.2, -0.15) is 0 Å². The van der Waals surface area contributed by atoms with Crippen LogP contribution in [-0.2, 0) is 12.0 Å². The zero-order chi connectivity index (χ0) is 17.2. The Hall–Kier alpha value is -2.33. The molecule has 124 valence electrons. The molecule has 0 aliphatic carbocycles. The molecule has 2 N–H and O–H groups in total. The van der Waals surface area contributed by atoms with Gasteiger partial charge < -0.3 is 10.5 Å². The lowest BCUT2D eigenvalue weighted by Gasteiger charge is -2.19. The average molecular weight is 338 g/mol. The van der Waals surface area contributed by atoms with Gasteiger partial charge in [-0.1, -0.05) is 45.0 Å². The Morgan fingerprint density at radius 1 is 1.00 bits per heavy atom. The highest BCUT2D eigenvalue weighted by Crippen LogP contribution is 2.26. The van der Waals surface area contributed by atoms with Gasteiger partial charge in [-0.15, -0.1) is 11.3 Å². The van der Waals surface area contributed by atoms with Gasteiger partial charge in [0, 0.05) is 10.9 Å². The van der Waals surface area contributed by atoms with Crippen molar-refractivity contribution in [2.45, 2.75) is 32.8 Å². The quantitative estimate of drug-likeness (QED) is 0.705. The molecule has 3 nitrogen and oxygen atoms in total. The van der Waals surface area contributed by atoms with Gasteiger partial charge in [-0.25, -0.2) is 4.98 Å². The van der Waals surface area contributed by atoms with E-state index in [1.807, 2.05) is 29.6 Å². The predicted molar refractivity (Wildman–Crippen MR) is 101 cm³/mol. The number of benzene rings is 2. The molecule has 0 bridgehead atoms. The summed E-state index contributed by atoms with van der Waals surface area (Å²) in [7, 11) is 0. The first-order valence-corrected chi connectivity index (χ1v) is 8.83. The molecule has 0 radical (unpaired) electrons. The van der Waals surface area contributed by atoms with E-state index in [0.717, 1.165) is 17.0 Å². The van der Waals surface area contributed by atoms with Gasteiger partial charge >= 0.3 is 0 Å². The molecule has 3 aromatic rings. The van der Waals surface area contributed by atoms with Crippen LogP contribution in [0.2, 0.25) is 0 Å². The number of thiazole rings is 1. The fourth-order valence-corrected chi connectivity index (χ4v) is 2.98. The van der Waals surface area contributed by atoms with Gasteiger partial charge in [0.1, 0.15) is 12.4 Å². The largest absolute Gasteiger partial charge is 0.489 e. The Bertz CT molecular complexity index is 799. The highest BCUT2D eigenvalue weighted by atomic mass is 32.1. The average Bonchev–Trinajstić information content (AvgIpc) is 2.99. The van der Waals surface area contributed by atoms with Crippen LogP contribution in [-0.4, -0.2) is 4.98 Å². The maximum atomic E-state index is 5.87. The molecule has 0 spiro atoms. The number of nitrogens with two attached hydrogens (primary N) is 1. The van der Waals surface area contributed by atoms with E-state index < -0.39 is 0 Å². The summed E-state index contributed by atoms with van der Waals surface area (Å²) in [4.78, 5) is 4.29. The van der Waals surface area contributed by atoms with Gasteiger partial charge in [-0.05, 0) is 40.8 Å². The molecule has 0 saturated heterocycles. The third-order valence-corrected chi connectivity index (χ3v) is 4.57. The van der Waals surface area contributed by atoms with Crippen LogP contribution in [0.1, 0.15) is 31.9 Å². The first-order chi connectivity index (χ1) is 11.4. The van der Waals surface area contributed by atoms with E-state index in [4.69, 9.17) is 10.5 Å². The molecule has 2 aromatic carbocycles. The standard InChI is InChI=1S/C20H22N2OS/c1-20(2,3)16-8-4-14(5-9-16)12-23-17-10-6-15(7-11-17)18-13-24-19(21)22-18/h4-11,13H,12H2,1-3H3,(H2,21,22). The molecule has 0 fully saturated rings. The van der Waals surface area contributed by atoms with E-state index in [9.17, 15) is 0 Å². The highest BCUT2D eigenvalue weighted by Gasteiger charge is 2.12. The first-order valence-electron chi connectivity index (χ1n) is 7.95. The Balaban J connectivity index is 1.62. The van der Waals surface area contributed by atoms with Crippen molar-refractivity contribution in [3.63, 3.8) is 0 Å². The molecule has 1 heterocycles. The van der Waals surface area contributed by atoms with Gasteiger partial charge in [0.2, 0.25) is 0 Å². The van der Waals surface area contributed by atoms with Gasteiger partial charge in [0.25, 0.3) is 0 Å². The first kappa shape index (κ1) is 16.5. The second-order valence-electron chi connectivity index (χ2n) is 6.83. The van der Waals surface area contributed by atoms with Crippen LogP contribution in [0.15, 0.2) is 53.9 Å². The molecule has 0 atom stereocenters. The summed E-state index contributed by atoms with van der Waals surface area (Å²) in [6, 6.07) is 16.6. The van der Waals surface area contributed by atoms with Crippen molar-refractivity contribution >= 4 is 16.5 Å². The van der Waals surface area contributed by atoms with E-state index in [1.165, 1.54) is 22.5 Å². The van der Waals surface area contributed by atoms with Crippen LogP contribution in [0.5, 0.6) is 5.75 Å². The molecular formula is C20H22N2OS. The zero-order valence-corrected chi connectivity index (χ0v) is 15.1. The topological polar surface area (TPSA) is 48.1 Å². The lowest BCUT2D eigenvalue weighted by Crippen LogP contribution is -2.10. The minimum Gasteiger partial charge on any atom is -0.489 e. The van der Waals surface area contributed by atoms with Crippen molar-refractivity contribution in [2.75, 3.05) is 5.73 Å². The van der Waals surface area contributed by atoms with Crippen LogP contribution in [0.25, 0.3) is 11.3 Å². The molecule has 0 aliphatic heterocycles. The lowest BCUT2D eigenvalue weighted by atomic mass is 9.87. The van der Waals surface area contributed by atoms with Crippen molar-refractivity contribution in [3.05, 3.63) is 65.0 Å². The summed E-state index contributed by atoms with van der Waals surface area (Å²) < 4.78 is 5.87. The minimum atomic E-state index is 0.175. The van der Waals surface area contributed by atoms with Gasteiger partial charge in [-0.3, -0.25) is 0 Å². The molecule has 0 aliphatic rings. The Labute approximate surface area is 147 Å². The molecule has 0 unspecified atom stereocenters. The number of aromatic nitrogens is 1. The maximum Gasteiger partial charge on any atom is 0.180 e. The van der Waals surface area contributed by atoms with E-state index in [-0.39, 0.29) is 5.41 Å². The van der Waals surface area contributed by atoms with Crippen molar-refractivity contribution in [3.8, 4) is 17.0 Å². The summed E-state index contributed by atoms with van der Waals surface area (Å²) in [5, 5.41) is 2.55. The Morgan fingerprint density at radius 2 is 1.67 bits per heavy atom. The van der Waals surface area contributed by atoms with Crippen molar-refractivity contribution in [2.24, 2.45) is 0 Å².